The van der Waals surface area contributed by atoms with Crippen LogP contribution < -0.4 is 5.32 Å². The van der Waals surface area contributed by atoms with Crippen LogP contribution in [0.5, 0.6) is 0 Å². The summed E-state index contributed by atoms with van der Waals surface area (Å²) in [6.07, 6.45) is 4.01. The third-order valence-corrected chi connectivity index (χ3v) is 4.38. The summed E-state index contributed by atoms with van der Waals surface area (Å²) in [4.78, 5) is 14.6. The zero-order chi connectivity index (χ0) is 12.5. The highest BCUT2D eigenvalue weighted by molar-refractivity contribution is 5.85. The van der Waals surface area contributed by atoms with Gasteiger partial charge in [-0.3, -0.25) is 9.69 Å². The van der Waals surface area contributed by atoms with Crippen LogP contribution in [0.4, 0.5) is 0 Å². The monoisotopic (exact) mass is 235 g/mol. The van der Waals surface area contributed by atoms with Gasteiger partial charge in [0, 0.05) is 18.6 Å². The predicted molar refractivity (Wildman–Crippen MR) is 65.2 cm³/mol. The summed E-state index contributed by atoms with van der Waals surface area (Å²) in [5, 5.41) is 12.2. The Morgan fingerprint density at radius 1 is 1.53 bits per heavy atom. The summed E-state index contributed by atoms with van der Waals surface area (Å²) < 4.78 is 0. The lowest BCUT2D eigenvalue weighted by molar-refractivity contribution is -0.128. The van der Waals surface area contributed by atoms with Crippen LogP contribution in [0.15, 0.2) is 0 Å². The number of nitriles is 1. The summed E-state index contributed by atoms with van der Waals surface area (Å²) >= 11 is 0. The van der Waals surface area contributed by atoms with Gasteiger partial charge in [0.1, 0.15) is 5.41 Å². The zero-order valence-corrected chi connectivity index (χ0v) is 10.7. The molecule has 0 aromatic carbocycles. The van der Waals surface area contributed by atoms with Crippen molar-refractivity contribution < 1.29 is 4.79 Å². The molecule has 3 atom stereocenters. The first-order valence-electron chi connectivity index (χ1n) is 6.57. The third-order valence-electron chi connectivity index (χ3n) is 4.38. The zero-order valence-electron chi connectivity index (χ0n) is 10.7. The minimum atomic E-state index is -0.869. The number of rotatable bonds is 3. The molecule has 0 aromatic rings. The van der Waals surface area contributed by atoms with Crippen LogP contribution in [0.2, 0.25) is 0 Å². The second-order valence-electron chi connectivity index (χ2n) is 5.41. The van der Waals surface area contributed by atoms with Gasteiger partial charge < -0.3 is 5.32 Å². The Bertz CT molecular complexity index is 349. The molecule has 4 nitrogen and oxygen atoms in total. The molecule has 17 heavy (non-hydrogen) atoms. The van der Waals surface area contributed by atoms with E-state index in [1.807, 2.05) is 6.92 Å². The Kier molecular flexibility index (Phi) is 3.39. The Balaban J connectivity index is 1.98. The van der Waals surface area contributed by atoms with Crippen LogP contribution in [0.1, 0.15) is 39.5 Å². The van der Waals surface area contributed by atoms with E-state index in [1.165, 1.54) is 19.4 Å². The largest absolute Gasteiger partial charge is 0.350 e. The summed E-state index contributed by atoms with van der Waals surface area (Å²) in [5.74, 6) is -0.0961. The van der Waals surface area contributed by atoms with Gasteiger partial charge in [0.05, 0.1) is 6.07 Å². The van der Waals surface area contributed by atoms with E-state index in [4.69, 9.17) is 5.26 Å². The van der Waals surface area contributed by atoms with Gasteiger partial charge in [-0.2, -0.15) is 5.26 Å². The van der Waals surface area contributed by atoms with E-state index in [0.717, 1.165) is 13.0 Å². The molecule has 2 fully saturated rings. The van der Waals surface area contributed by atoms with Crippen molar-refractivity contribution in [3.8, 4) is 6.07 Å². The van der Waals surface area contributed by atoms with Crippen molar-refractivity contribution in [3.63, 3.8) is 0 Å². The fraction of sp³-hybridized carbons (Fsp3) is 0.846. The predicted octanol–water partition coefficient (Wildman–Crippen LogP) is 1.28. The molecule has 0 aliphatic carbocycles. The summed E-state index contributed by atoms with van der Waals surface area (Å²) in [5.41, 5.74) is -0.869. The van der Waals surface area contributed by atoms with Gasteiger partial charge in [-0.25, -0.2) is 0 Å². The maximum absolute atomic E-state index is 12.1. The minimum absolute atomic E-state index is 0.0961. The number of carbonyl (C=O) groups excluding carboxylic acids is 1. The molecule has 1 N–H and O–H groups in total. The molecule has 0 radical (unpaired) electrons. The molecule has 0 aromatic heterocycles. The summed E-state index contributed by atoms with van der Waals surface area (Å²) in [7, 11) is 0. The van der Waals surface area contributed by atoms with E-state index >= 15 is 0 Å². The molecule has 2 aliphatic rings. The van der Waals surface area contributed by atoms with Gasteiger partial charge in [0.15, 0.2) is 0 Å². The van der Waals surface area contributed by atoms with E-state index in [2.05, 4.69) is 16.3 Å². The second-order valence-corrected chi connectivity index (χ2v) is 5.41. The summed E-state index contributed by atoms with van der Waals surface area (Å²) in [6, 6.07) is 2.90. The molecular weight excluding hydrogens is 214 g/mol. The number of amides is 1. The smallest absolute Gasteiger partial charge is 0.240 e. The maximum Gasteiger partial charge on any atom is 0.240 e. The van der Waals surface area contributed by atoms with Crippen LogP contribution in [0.3, 0.4) is 0 Å². The van der Waals surface area contributed by atoms with E-state index < -0.39 is 5.41 Å². The average Bonchev–Trinajstić information content (AvgIpc) is 2.92. The van der Waals surface area contributed by atoms with E-state index in [0.29, 0.717) is 12.5 Å². The number of fused-ring (bicyclic) bond motifs is 1. The van der Waals surface area contributed by atoms with Crippen molar-refractivity contribution in [2.75, 3.05) is 13.1 Å². The first-order chi connectivity index (χ1) is 8.10. The molecule has 2 saturated heterocycles. The standard InChI is InChI=1S/C13H21N3O/c1-3-13(2,9-14)12(17)15-10-6-8-16-7-4-5-11(10)16/h10-11H,3-8H2,1-2H3,(H,15,17). The molecule has 1 amide bonds. The number of nitrogens with zero attached hydrogens (tertiary/aromatic N) is 2. The quantitative estimate of drug-likeness (QED) is 0.801. The highest BCUT2D eigenvalue weighted by Gasteiger charge is 2.40. The lowest BCUT2D eigenvalue weighted by Gasteiger charge is -2.25. The van der Waals surface area contributed by atoms with Crippen LogP contribution in [-0.4, -0.2) is 36.0 Å². The average molecular weight is 235 g/mol. The van der Waals surface area contributed by atoms with Gasteiger partial charge >= 0.3 is 0 Å². The third kappa shape index (κ3) is 2.16. The minimum Gasteiger partial charge on any atom is -0.350 e. The SMILES string of the molecule is CCC(C)(C#N)C(=O)NC1CCN2CCCC12. The number of hydrogen-bond acceptors (Lipinski definition) is 3. The van der Waals surface area contributed by atoms with Gasteiger partial charge in [0.25, 0.3) is 0 Å². The Labute approximate surface area is 103 Å². The van der Waals surface area contributed by atoms with Crippen molar-refractivity contribution in [2.24, 2.45) is 5.41 Å². The van der Waals surface area contributed by atoms with Gasteiger partial charge in [0.2, 0.25) is 5.91 Å². The van der Waals surface area contributed by atoms with Gasteiger partial charge in [-0.15, -0.1) is 0 Å². The van der Waals surface area contributed by atoms with Crippen LogP contribution in [0.25, 0.3) is 0 Å². The molecule has 3 unspecified atom stereocenters. The highest BCUT2D eigenvalue weighted by atomic mass is 16.2. The lowest BCUT2D eigenvalue weighted by atomic mass is 9.88. The first kappa shape index (κ1) is 12.4. The second kappa shape index (κ2) is 4.66. The Morgan fingerprint density at radius 2 is 2.29 bits per heavy atom. The van der Waals surface area contributed by atoms with Crippen molar-refractivity contribution in [1.29, 1.82) is 5.26 Å². The van der Waals surface area contributed by atoms with Crippen LogP contribution >= 0.6 is 0 Å². The molecule has 0 bridgehead atoms. The first-order valence-corrected chi connectivity index (χ1v) is 6.57. The number of hydrogen-bond donors (Lipinski definition) is 1. The molecule has 0 saturated carbocycles. The van der Waals surface area contributed by atoms with E-state index in [-0.39, 0.29) is 11.9 Å². The molecule has 94 valence electrons. The lowest BCUT2D eigenvalue weighted by Crippen LogP contribution is -2.47. The van der Waals surface area contributed by atoms with E-state index in [9.17, 15) is 4.79 Å². The Morgan fingerprint density at radius 3 is 2.94 bits per heavy atom. The van der Waals surface area contributed by atoms with Crippen LogP contribution in [-0.2, 0) is 4.79 Å². The molecule has 2 rings (SSSR count). The molecule has 2 aliphatic heterocycles. The number of nitrogens with one attached hydrogen (secondary N) is 1. The van der Waals surface area contributed by atoms with Gasteiger partial charge in [-0.1, -0.05) is 6.92 Å². The molecule has 4 heteroatoms. The highest BCUT2D eigenvalue weighted by Crippen LogP contribution is 2.29. The fourth-order valence-electron chi connectivity index (χ4n) is 2.87. The molecule has 2 heterocycles. The normalized spacial score (nSPS) is 31.6. The number of carbonyl (C=O) groups is 1. The van der Waals surface area contributed by atoms with Gasteiger partial charge in [-0.05, 0) is 39.2 Å². The molecule has 0 spiro atoms. The Hall–Kier alpha value is -1.08. The van der Waals surface area contributed by atoms with Crippen molar-refractivity contribution >= 4 is 5.91 Å². The van der Waals surface area contributed by atoms with Crippen molar-refractivity contribution in [1.82, 2.24) is 10.2 Å². The fourth-order valence-corrected chi connectivity index (χ4v) is 2.87. The summed E-state index contributed by atoms with van der Waals surface area (Å²) in [6.45, 7) is 5.87. The van der Waals surface area contributed by atoms with E-state index in [1.54, 1.807) is 6.92 Å². The topological polar surface area (TPSA) is 56.1 Å². The maximum atomic E-state index is 12.1. The van der Waals surface area contributed by atoms with Crippen molar-refractivity contribution in [3.05, 3.63) is 0 Å². The van der Waals surface area contributed by atoms with Crippen LogP contribution in [0, 0.1) is 16.7 Å². The van der Waals surface area contributed by atoms with Crippen molar-refractivity contribution in [2.45, 2.75) is 51.6 Å². The molecular formula is C13H21N3O.